The first-order valence-corrected chi connectivity index (χ1v) is 5.93. The van der Waals surface area contributed by atoms with Gasteiger partial charge in [-0.15, -0.1) is 0 Å². The number of carbonyl (C=O) groups is 1. The second-order valence-electron chi connectivity index (χ2n) is 4.46. The van der Waals surface area contributed by atoms with Gasteiger partial charge in [-0.25, -0.2) is 4.39 Å². The average Bonchev–Trinajstić information content (AvgIpc) is 2.84. The van der Waals surface area contributed by atoms with Gasteiger partial charge in [-0.3, -0.25) is 4.79 Å². The van der Waals surface area contributed by atoms with E-state index in [-0.39, 0.29) is 11.4 Å². The van der Waals surface area contributed by atoms with Gasteiger partial charge in [-0.2, -0.15) is 0 Å². The molecule has 0 saturated heterocycles. The first-order valence-electron chi connectivity index (χ1n) is 5.93. The van der Waals surface area contributed by atoms with Gasteiger partial charge in [0.05, 0.1) is 0 Å². The number of rotatable bonds is 2. The van der Waals surface area contributed by atoms with E-state index in [9.17, 15) is 9.18 Å². The van der Waals surface area contributed by atoms with Crippen LogP contribution in [0.1, 0.15) is 15.9 Å². The van der Waals surface area contributed by atoms with Crippen LogP contribution in [-0.2, 0) is 0 Å². The predicted octanol–water partition coefficient (Wildman–Crippen LogP) is 4.36. The molecule has 0 unspecified atom stereocenters. The number of hydrogen-bond acceptors (Lipinski definition) is 2. The zero-order valence-corrected chi connectivity index (χ0v) is 10.3. The highest BCUT2D eigenvalue weighted by Crippen LogP contribution is 2.31. The van der Waals surface area contributed by atoms with E-state index in [0.29, 0.717) is 16.7 Å². The van der Waals surface area contributed by atoms with Crippen molar-refractivity contribution in [2.24, 2.45) is 0 Å². The van der Waals surface area contributed by atoms with Gasteiger partial charge in [0.1, 0.15) is 12.0 Å². The van der Waals surface area contributed by atoms with Gasteiger partial charge >= 0.3 is 0 Å². The van der Waals surface area contributed by atoms with Gasteiger partial charge < -0.3 is 4.42 Å². The molecule has 19 heavy (non-hydrogen) atoms. The zero-order valence-electron chi connectivity index (χ0n) is 10.3. The molecule has 1 aromatic heterocycles. The largest absolute Gasteiger partial charge is 0.453 e. The Morgan fingerprint density at radius 2 is 2.00 bits per heavy atom. The molecule has 3 rings (SSSR count). The Morgan fingerprint density at radius 3 is 2.74 bits per heavy atom. The van der Waals surface area contributed by atoms with Crippen LogP contribution >= 0.6 is 0 Å². The second kappa shape index (κ2) is 4.35. The molecule has 0 N–H and O–H groups in total. The van der Waals surface area contributed by atoms with Crippen LogP contribution in [0.4, 0.5) is 4.39 Å². The highest BCUT2D eigenvalue weighted by molar-refractivity contribution is 5.85. The smallest absolute Gasteiger partial charge is 0.170 e. The predicted molar refractivity (Wildman–Crippen MR) is 71.7 cm³/mol. The fourth-order valence-electron chi connectivity index (χ4n) is 2.14. The Balaban J connectivity index is 2.24. The Morgan fingerprint density at radius 1 is 1.16 bits per heavy atom. The van der Waals surface area contributed by atoms with Crippen LogP contribution in [0.5, 0.6) is 0 Å². The molecule has 0 aliphatic heterocycles. The molecule has 2 aromatic carbocycles. The van der Waals surface area contributed by atoms with Gasteiger partial charge in [-0.05, 0) is 30.7 Å². The molecule has 94 valence electrons. The standard InChI is InChI=1S/C16H11FO2/c1-10-5-6-11(9-18)7-13(10)15-8-12-3-2-4-14(17)16(12)19-15/h2-9H,1H3. The molecular weight excluding hydrogens is 243 g/mol. The number of halogens is 1. The third-order valence-electron chi connectivity index (χ3n) is 3.16. The molecule has 0 spiro atoms. The molecule has 0 aliphatic carbocycles. The molecule has 2 nitrogen and oxygen atoms in total. The number of aryl methyl sites for hydroxylation is 1. The van der Waals surface area contributed by atoms with Crippen LogP contribution in [0.3, 0.4) is 0 Å². The zero-order chi connectivity index (χ0) is 13.4. The molecule has 3 heteroatoms. The Labute approximate surface area is 109 Å². The van der Waals surface area contributed by atoms with Crippen LogP contribution in [0.15, 0.2) is 46.9 Å². The van der Waals surface area contributed by atoms with E-state index >= 15 is 0 Å². The van der Waals surface area contributed by atoms with Crippen molar-refractivity contribution in [1.82, 2.24) is 0 Å². The maximum absolute atomic E-state index is 13.6. The van der Waals surface area contributed by atoms with Crippen LogP contribution in [0.25, 0.3) is 22.3 Å². The summed E-state index contributed by atoms with van der Waals surface area (Å²) in [5, 5.41) is 0.714. The summed E-state index contributed by atoms with van der Waals surface area (Å²) in [5.41, 5.74) is 2.60. The average molecular weight is 254 g/mol. The number of hydrogen-bond donors (Lipinski definition) is 0. The fourth-order valence-corrected chi connectivity index (χ4v) is 2.14. The molecular formula is C16H11FO2. The van der Waals surface area contributed by atoms with E-state index in [4.69, 9.17) is 4.42 Å². The number of fused-ring (bicyclic) bond motifs is 1. The number of carbonyl (C=O) groups excluding carboxylic acids is 1. The van der Waals surface area contributed by atoms with E-state index in [2.05, 4.69) is 0 Å². The molecule has 0 radical (unpaired) electrons. The lowest BCUT2D eigenvalue weighted by Gasteiger charge is -2.02. The third-order valence-corrected chi connectivity index (χ3v) is 3.16. The second-order valence-corrected chi connectivity index (χ2v) is 4.46. The van der Waals surface area contributed by atoms with E-state index in [1.165, 1.54) is 6.07 Å². The van der Waals surface area contributed by atoms with Crippen molar-refractivity contribution in [2.75, 3.05) is 0 Å². The first kappa shape index (κ1) is 11.7. The van der Waals surface area contributed by atoms with Crippen LogP contribution in [0, 0.1) is 12.7 Å². The lowest BCUT2D eigenvalue weighted by Crippen LogP contribution is -1.85. The number of benzene rings is 2. The lowest BCUT2D eigenvalue weighted by molar-refractivity contribution is 0.112. The van der Waals surface area contributed by atoms with E-state index < -0.39 is 0 Å². The minimum Gasteiger partial charge on any atom is -0.453 e. The summed E-state index contributed by atoms with van der Waals surface area (Å²) in [6.07, 6.45) is 0.784. The highest BCUT2D eigenvalue weighted by Gasteiger charge is 2.11. The Hall–Kier alpha value is -2.42. The fraction of sp³-hybridized carbons (Fsp3) is 0.0625. The van der Waals surface area contributed by atoms with Crippen molar-refractivity contribution in [1.29, 1.82) is 0 Å². The molecule has 0 saturated carbocycles. The maximum atomic E-state index is 13.6. The van der Waals surface area contributed by atoms with Gasteiger partial charge in [-0.1, -0.05) is 24.3 Å². The van der Waals surface area contributed by atoms with Gasteiger partial charge in [0.15, 0.2) is 11.4 Å². The minimum absolute atomic E-state index is 0.244. The van der Waals surface area contributed by atoms with Gasteiger partial charge in [0.25, 0.3) is 0 Å². The topological polar surface area (TPSA) is 30.2 Å². The van der Waals surface area contributed by atoms with Crippen molar-refractivity contribution in [3.63, 3.8) is 0 Å². The van der Waals surface area contributed by atoms with Crippen LogP contribution < -0.4 is 0 Å². The van der Waals surface area contributed by atoms with Crippen molar-refractivity contribution < 1.29 is 13.6 Å². The van der Waals surface area contributed by atoms with Crippen molar-refractivity contribution in [3.05, 3.63) is 59.4 Å². The van der Waals surface area contributed by atoms with Crippen molar-refractivity contribution >= 4 is 17.3 Å². The molecule has 0 fully saturated rings. The molecule has 0 bridgehead atoms. The number of furan rings is 1. The third kappa shape index (κ3) is 1.93. The molecule has 1 heterocycles. The Kier molecular flexibility index (Phi) is 2.67. The first-order chi connectivity index (χ1) is 9.19. The van der Waals surface area contributed by atoms with Crippen LogP contribution in [0.2, 0.25) is 0 Å². The summed E-state index contributed by atoms with van der Waals surface area (Å²) in [4.78, 5) is 10.8. The van der Waals surface area contributed by atoms with Crippen molar-refractivity contribution in [3.8, 4) is 11.3 Å². The Bertz CT molecular complexity index is 772. The maximum Gasteiger partial charge on any atom is 0.170 e. The highest BCUT2D eigenvalue weighted by atomic mass is 19.1. The molecule has 0 atom stereocenters. The summed E-state index contributed by atoms with van der Waals surface area (Å²) < 4.78 is 19.2. The van der Waals surface area contributed by atoms with Crippen molar-refractivity contribution in [2.45, 2.75) is 6.92 Å². The normalized spacial score (nSPS) is 10.8. The quantitative estimate of drug-likeness (QED) is 0.636. The van der Waals surface area contributed by atoms with E-state index in [1.807, 2.05) is 13.0 Å². The molecule has 0 amide bonds. The summed E-state index contributed by atoms with van der Waals surface area (Å²) in [5.74, 6) is 0.189. The van der Waals surface area contributed by atoms with Gasteiger partial charge in [0.2, 0.25) is 0 Å². The summed E-state index contributed by atoms with van der Waals surface area (Å²) in [6.45, 7) is 1.92. The SMILES string of the molecule is Cc1ccc(C=O)cc1-c1cc2cccc(F)c2o1. The summed E-state index contributed by atoms with van der Waals surface area (Å²) in [6, 6.07) is 11.9. The lowest BCUT2D eigenvalue weighted by atomic mass is 10.0. The molecule has 3 aromatic rings. The summed E-state index contributed by atoms with van der Waals surface area (Å²) >= 11 is 0. The number of aldehydes is 1. The van der Waals surface area contributed by atoms with Crippen LogP contribution in [-0.4, -0.2) is 6.29 Å². The van der Waals surface area contributed by atoms with Gasteiger partial charge in [0, 0.05) is 16.5 Å². The minimum atomic E-state index is -0.382. The van der Waals surface area contributed by atoms with E-state index in [1.54, 1.807) is 30.3 Å². The van der Waals surface area contributed by atoms with E-state index in [0.717, 1.165) is 17.4 Å². The molecule has 0 aliphatic rings. The number of para-hydroxylation sites is 1. The monoisotopic (exact) mass is 254 g/mol. The summed E-state index contributed by atoms with van der Waals surface area (Å²) in [7, 11) is 0.